The van der Waals surface area contributed by atoms with E-state index in [1.165, 1.54) is 11.8 Å². The molecular weight excluding hydrogens is 457 g/mol. The van der Waals surface area contributed by atoms with E-state index in [4.69, 9.17) is 44.4 Å². The number of piperidine rings is 1. The van der Waals surface area contributed by atoms with Crippen LogP contribution in [-0.4, -0.2) is 51.2 Å². The molecule has 164 valence electrons. The van der Waals surface area contributed by atoms with Gasteiger partial charge in [-0.3, -0.25) is 4.40 Å². The van der Waals surface area contributed by atoms with Crippen molar-refractivity contribution in [1.82, 2.24) is 19.4 Å². The monoisotopic (exact) mass is 479 g/mol. The lowest BCUT2D eigenvalue weighted by atomic mass is 9.73. The van der Waals surface area contributed by atoms with E-state index >= 15 is 0 Å². The maximum Gasteiger partial charge on any atom is 0.211 e. The maximum atomic E-state index is 6.46. The first-order chi connectivity index (χ1) is 14.9. The van der Waals surface area contributed by atoms with Gasteiger partial charge in [-0.05, 0) is 25.8 Å². The van der Waals surface area contributed by atoms with Crippen molar-refractivity contribution in [2.45, 2.75) is 41.7 Å². The third-order valence-corrected chi connectivity index (χ3v) is 8.30. The van der Waals surface area contributed by atoms with Crippen LogP contribution in [0.25, 0.3) is 5.65 Å². The number of hydrogen-bond donors (Lipinski definition) is 2. The van der Waals surface area contributed by atoms with Crippen LogP contribution in [-0.2, 0) is 4.74 Å². The summed E-state index contributed by atoms with van der Waals surface area (Å²) in [7, 11) is 0. The normalized spacial score (nSPS) is 23.2. The van der Waals surface area contributed by atoms with Crippen LogP contribution in [0.1, 0.15) is 19.8 Å². The van der Waals surface area contributed by atoms with Crippen molar-refractivity contribution in [2.24, 2.45) is 11.1 Å². The summed E-state index contributed by atoms with van der Waals surface area (Å²) in [5.41, 5.74) is 13.2. The van der Waals surface area contributed by atoms with Crippen LogP contribution in [0.15, 0.2) is 34.4 Å². The van der Waals surface area contributed by atoms with E-state index < -0.39 is 0 Å². The summed E-state index contributed by atoms with van der Waals surface area (Å²) in [5.74, 6) is 1.18. The first kappa shape index (κ1) is 21.1. The Bertz CT molecular complexity index is 1130. The van der Waals surface area contributed by atoms with Crippen molar-refractivity contribution in [3.8, 4) is 0 Å². The summed E-state index contributed by atoms with van der Waals surface area (Å²) < 4.78 is 7.85. The molecule has 2 atom stereocenters. The highest BCUT2D eigenvalue weighted by molar-refractivity contribution is 7.99. The number of anilines is 2. The number of rotatable bonds is 3. The highest BCUT2D eigenvalue weighted by atomic mass is 35.5. The van der Waals surface area contributed by atoms with Gasteiger partial charge < -0.3 is 21.1 Å². The molecule has 0 bridgehead atoms. The number of halogens is 2. The van der Waals surface area contributed by atoms with Crippen molar-refractivity contribution in [1.29, 1.82) is 0 Å². The van der Waals surface area contributed by atoms with Gasteiger partial charge >= 0.3 is 0 Å². The van der Waals surface area contributed by atoms with Gasteiger partial charge in [0.2, 0.25) is 5.95 Å². The second-order valence-electron chi connectivity index (χ2n) is 8.19. The van der Waals surface area contributed by atoms with Gasteiger partial charge in [0.1, 0.15) is 5.82 Å². The van der Waals surface area contributed by atoms with Crippen LogP contribution in [0.3, 0.4) is 0 Å². The Morgan fingerprint density at radius 2 is 2.00 bits per heavy atom. The van der Waals surface area contributed by atoms with Gasteiger partial charge in [0.05, 0.1) is 22.6 Å². The van der Waals surface area contributed by atoms with Gasteiger partial charge in [-0.25, -0.2) is 15.0 Å². The summed E-state index contributed by atoms with van der Waals surface area (Å²) in [6.07, 6.45) is 7.60. The minimum atomic E-state index is 0.0665. The van der Waals surface area contributed by atoms with Crippen LogP contribution >= 0.6 is 35.0 Å². The average Bonchev–Trinajstić information content (AvgIpc) is 3.35. The van der Waals surface area contributed by atoms with Crippen molar-refractivity contribution in [3.63, 3.8) is 0 Å². The minimum absolute atomic E-state index is 0.0665. The highest BCUT2D eigenvalue weighted by Gasteiger charge is 2.47. The first-order valence-corrected chi connectivity index (χ1v) is 11.7. The zero-order valence-corrected chi connectivity index (χ0v) is 19.3. The van der Waals surface area contributed by atoms with Gasteiger partial charge in [-0.2, -0.15) is 0 Å². The van der Waals surface area contributed by atoms with Gasteiger partial charge in [-0.15, -0.1) is 0 Å². The fraction of sp³-hybridized carbons (Fsp3) is 0.450. The van der Waals surface area contributed by atoms with Crippen LogP contribution < -0.4 is 16.4 Å². The Morgan fingerprint density at radius 3 is 2.71 bits per heavy atom. The van der Waals surface area contributed by atoms with Crippen LogP contribution in [0.5, 0.6) is 0 Å². The smallest absolute Gasteiger partial charge is 0.211 e. The van der Waals surface area contributed by atoms with E-state index in [1.807, 2.05) is 16.8 Å². The van der Waals surface area contributed by atoms with Gasteiger partial charge in [-0.1, -0.05) is 35.0 Å². The van der Waals surface area contributed by atoms with Crippen LogP contribution in [0.4, 0.5) is 11.8 Å². The molecule has 11 heteroatoms. The topological polar surface area (TPSA) is 108 Å². The fourth-order valence-electron chi connectivity index (χ4n) is 4.50. The molecule has 3 aromatic rings. The summed E-state index contributed by atoms with van der Waals surface area (Å²) in [6.45, 7) is 4.55. The summed E-state index contributed by atoms with van der Waals surface area (Å²) in [5, 5.41) is 0.541. The third kappa shape index (κ3) is 3.62. The zero-order valence-electron chi connectivity index (χ0n) is 17.0. The molecule has 0 unspecified atom stereocenters. The average molecular weight is 480 g/mol. The van der Waals surface area contributed by atoms with E-state index in [0.717, 1.165) is 49.0 Å². The SMILES string of the molecule is C[C@@H]1OCC2(CCN(c3ncc(Sc4cc(N)nc(Cl)c4Cl)c4nccn34)CC2)[C@@H]1N. The number of ether oxygens (including phenoxy) is 1. The lowest BCUT2D eigenvalue weighted by molar-refractivity contribution is 0.0973. The molecule has 0 aromatic carbocycles. The number of imidazole rings is 1. The van der Waals surface area contributed by atoms with E-state index in [0.29, 0.717) is 15.7 Å². The van der Waals surface area contributed by atoms with E-state index in [1.54, 1.807) is 12.3 Å². The number of hydrogen-bond acceptors (Lipinski definition) is 8. The fourth-order valence-corrected chi connectivity index (χ4v) is 5.92. The second-order valence-corrected chi connectivity index (χ2v) is 10.0. The zero-order chi connectivity index (χ0) is 21.8. The lowest BCUT2D eigenvalue weighted by Crippen LogP contribution is -2.51. The quantitative estimate of drug-likeness (QED) is 0.549. The number of nitrogens with zero attached hydrogens (tertiary/aromatic N) is 5. The van der Waals surface area contributed by atoms with Crippen LogP contribution in [0, 0.1) is 5.41 Å². The van der Waals surface area contributed by atoms with Gasteiger partial charge in [0.25, 0.3) is 0 Å². The summed E-state index contributed by atoms with van der Waals surface area (Å²) in [4.78, 5) is 17.1. The van der Waals surface area contributed by atoms with Crippen molar-refractivity contribution >= 4 is 52.4 Å². The molecule has 8 nitrogen and oxygen atoms in total. The number of nitrogens with two attached hydrogens (primary N) is 2. The Balaban J connectivity index is 1.41. The highest BCUT2D eigenvalue weighted by Crippen LogP contribution is 2.43. The number of fused-ring (bicyclic) bond motifs is 1. The van der Waals surface area contributed by atoms with E-state index in [2.05, 4.69) is 21.8 Å². The number of aromatic nitrogens is 4. The summed E-state index contributed by atoms with van der Waals surface area (Å²) >= 11 is 13.8. The Kier molecular flexibility index (Phi) is 5.42. The van der Waals surface area contributed by atoms with Crippen molar-refractivity contribution in [2.75, 3.05) is 30.3 Å². The standard InChI is InChI=1S/C20H23Cl2N7OS/c1-11-16(24)20(10-30-11)2-5-28(6-3-20)19-26-9-13(18-25-4-7-29(18)19)31-12-8-14(23)27-17(22)15(12)21/h4,7-9,11,16H,2-3,5-6,10,24H2,1H3,(H2,23,27)/t11-,16+/m0/s1. The first-order valence-electron chi connectivity index (χ1n) is 10.1. The van der Waals surface area contributed by atoms with Crippen molar-refractivity contribution < 1.29 is 4.74 Å². The molecule has 0 saturated carbocycles. The summed E-state index contributed by atoms with van der Waals surface area (Å²) in [6, 6.07) is 1.78. The largest absolute Gasteiger partial charge is 0.384 e. The van der Waals surface area contributed by atoms with E-state index in [-0.39, 0.29) is 22.7 Å². The maximum absolute atomic E-state index is 6.46. The molecule has 2 saturated heterocycles. The van der Waals surface area contributed by atoms with Crippen LogP contribution in [0.2, 0.25) is 10.2 Å². The number of nitrogen functional groups attached to an aromatic ring is 1. The number of pyridine rings is 1. The molecule has 1 spiro atoms. The molecule has 2 fully saturated rings. The van der Waals surface area contributed by atoms with Gasteiger partial charge in [0.15, 0.2) is 10.8 Å². The molecule has 0 aliphatic carbocycles. The van der Waals surface area contributed by atoms with E-state index in [9.17, 15) is 0 Å². The molecule has 31 heavy (non-hydrogen) atoms. The minimum Gasteiger partial charge on any atom is -0.384 e. The molecule has 3 aromatic heterocycles. The lowest BCUT2D eigenvalue weighted by Gasteiger charge is -2.41. The predicted molar refractivity (Wildman–Crippen MR) is 123 cm³/mol. The van der Waals surface area contributed by atoms with Crippen molar-refractivity contribution in [3.05, 3.63) is 34.8 Å². The Labute approximate surface area is 194 Å². The molecule has 0 amide bonds. The third-order valence-electron chi connectivity index (χ3n) is 6.39. The predicted octanol–water partition coefficient (Wildman–Crippen LogP) is 3.50. The molecule has 5 rings (SSSR count). The molecule has 2 aliphatic heterocycles. The Morgan fingerprint density at radius 1 is 1.23 bits per heavy atom. The second kappa shape index (κ2) is 7.97. The van der Waals surface area contributed by atoms with Gasteiger partial charge in [0, 0.05) is 48.0 Å². The Hall–Kier alpha value is -1.78. The molecule has 5 heterocycles. The molecule has 4 N–H and O–H groups in total. The molecule has 2 aliphatic rings. The molecular formula is C20H23Cl2N7OS. The molecule has 0 radical (unpaired) electrons.